The number of nitrogens with zero attached hydrogens (tertiary/aromatic N) is 1. The number of para-hydroxylation sites is 1. The van der Waals surface area contributed by atoms with Gasteiger partial charge in [-0.2, -0.15) is 0 Å². The smallest absolute Gasteiger partial charge is 0.253 e. The molecule has 0 spiro atoms. The Labute approximate surface area is 129 Å². The molecule has 1 amide bonds. The van der Waals surface area contributed by atoms with Crippen LogP contribution in [0.4, 0.5) is 0 Å². The Bertz CT molecular complexity index is 821. The van der Waals surface area contributed by atoms with Crippen LogP contribution in [0.5, 0.6) is 5.75 Å². The second-order valence-electron chi connectivity index (χ2n) is 5.21. The maximum Gasteiger partial charge on any atom is 0.253 e. The van der Waals surface area contributed by atoms with Crippen molar-refractivity contribution >= 4 is 16.8 Å². The fourth-order valence-corrected chi connectivity index (χ4v) is 2.58. The Morgan fingerprint density at radius 1 is 1.18 bits per heavy atom. The Hall–Kier alpha value is -2.75. The second kappa shape index (κ2) is 5.93. The number of hydrogen-bond acceptors (Lipinski definition) is 2. The van der Waals surface area contributed by atoms with E-state index in [1.54, 1.807) is 7.11 Å². The number of ether oxygens (including phenoxy) is 1. The van der Waals surface area contributed by atoms with Crippen LogP contribution in [0.2, 0.25) is 0 Å². The van der Waals surface area contributed by atoms with E-state index >= 15 is 0 Å². The molecule has 1 N–H and O–H groups in total. The summed E-state index contributed by atoms with van der Waals surface area (Å²) >= 11 is 0. The number of benzene rings is 2. The fourth-order valence-electron chi connectivity index (χ4n) is 2.58. The van der Waals surface area contributed by atoms with E-state index in [4.69, 9.17) is 4.74 Å². The fraction of sp³-hybridized carbons (Fsp3) is 0.167. The van der Waals surface area contributed by atoms with Crippen molar-refractivity contribution in [2.45, 2.75) is 6.54 Å². The molecule has 0 saturated heterocycles. The predicted molar refractivity (Wildman–Crippen MR) is 87.1 cm³/mol. The molecule has 22 heavy (non-hydrogen) atoms. The molecule has 0 radical (unpaired) electrons. The van der Waals surface area contributed by atoms with E-state index in [1.807, 2.05) is 66.3 Å². The zero-order valence-electron chi connectivity index (χ0n) is 12.7. The average Bonchev–Trinajstić information content (AvgIpc) is 2.90. The van der Waals surface area contributed by atoms with Gasteiger partial charge in [-0.3, -0.25) is 4.79 Å². The molecule has 0 unspecified atom stereocenters. The lowest BCUT2D eigenvalue weighted by atomic mass is 10.1. The molecule has 0 fully saturated rings. The van der Waals surface area contributed by atoms with Crippen LogP contribution >= 0.6 is 0 Å². The Balaban J connectivity index is 1.79. The number of methoxy groups -OCH3 is 1. The first-order chi connectivity index (χ1) is 10.7. The summed E-state index contributed by atoms with van der Waals surface area (Å²) in [6, 6.07) is 15.6. The first-order valence-electron chi connectivity index (χ1n) is 7.14. The Morgan fingerprint density at radius 2 is 2.00 bits per heavy atom. The molecule has 3 rings (SSSR count). The van der Waals surface area contributed by atoms with Gasteiger partial charge >= 0.3 is 0 Å². The third kappa shape index (κ3) is 2.68. The number of carbonyl (C=O) groups is 1. The van der Waals surface area contributed by atoms with Crippen molar-refractivity contribution in [3.05, 3.63) is 65.9 Å². The summed E-state index contributed by atoms with van der Waals surface area (Å²) in [7, 11) is 3.58. The van der Waals surface area contributed by atoms with Gasteiger partial charge in [-0.1, -0.05) is 30.3 Å². The average molecular weight is 294 g/mol. The SMILES string of the molecule is COc1cccc(CNC(=O)c2cn(C)c3ccccc23)c1. The van der Waals surface area contributed by atoms with Crippen LogP contribution in [0, 0.1) is 0 Å². The minimum atomic E-state index is -0.0698. The van der Waals surface area contributed by atoms with Crippen LogP contribution in [0.15, 0.2) is 54.7 Å². The number of amides is 1. The van der Waals surface area contributed by atoms with E-state index in [-0.39, 0.29) is 5.91 Å². The first kappa shape index (κ1) is 14.2. The quantitative estimate of drug-likeness (QED) is 0.803. The van der Waals surface area contributed by atoms with Gasteiger partial charge in [0.1, 0.15) is 5.75 Å². The topological polar surface area (TPSA) is 43.3 Å². The monoisotopic (exact) mass is 294 g/mol. The molecular formula is C18H18N2O2. The lowest BCUT2D eigenvalue weighted by Crippen LogP contribution is -2.22. The molecule has 0 aliphatic rings. The van der Waals surface area contributed by atoms with Crippen LogP contribution in [0.1, 0.15) is 15.9 Å². The summed E-state index contributed by atoms with van der Waals surface area (Å²) in [5, 5.41) is 3.93. The van der Waals surface area contributed by atoms with Gasteiger partial charge in [-0.05, 0) is 23.8 Å². The molecule has 0 atom stereocenters. The lowest BCUT2D eigenvalue weighted by molar-refractivity contribution is 0.0952. The molecule has 2 aromatic carbocycles. The molecule has 1 aromatic heterocycles. The number of aromatic nitrogens is 1. The van der Waals surface area contributed by atoms with Crippen LogP contribution < -0.4 is 10.1 Å². The first-order valence-corrected chi connectivity index (χ1v) is 7.14. The van der Waals surface area contributed by atoms with E-state index in [1.165, 1.54) is 0 Å². The number of carbonyl (C=O) groups excluding carboxylic acids is 1. The Kier molecular flexibility index (Phi) is 3.83. The highest BCUT2D eigenvalue weighted by atomic mass is 16.5. The molecule has 0 bridgehead atoms. The summed E-state index contributed by atoms with van der Waals surface area (Å²) in [6.45, 7) is 0.471. The van der Waals surface area contributed by atoms with Crippen molar-refractivity contribution in [1.29, 1.82) is 0 Å². The third-order valence-corrected chi connectivity index (χ3v) is 3.73. The summed E-state index contributed by atoms with van der Waals surface area (Å²) in [5.41, 5.74) is 2.75. The molecule has 1 heterocycles. The van der Waals surface area contributed by atoms with Gasteiger partial charge in [0.15, 0.2) is 0 Å². The normalized spacial score (nSPS) is 10.6. The van der Waals surface area contributed by atoms with Crippen LogP contribution in [0.3, 0.4) is 0 Å². The highest BCUT2D eigenvalue weighted by molar-refractivity contribution is 6.06. The van der Waals surface area contributed by atoms with Crippen molar-refractivity contribution in [3.8, 4) is 5.75 Å². The van der Waals surface area contributed by atoms with Crippen molar-refractivity contribution in [2.75, 3.05) is 7.11 Å². The molecular weight excluding hydrogens is 276 g/mol. The van der Waals surface area contributed by atoms with E-state index in [0.717, 1.165) is 22.2 Å². The van der Waals surface area contributed by atoms with Gasteiger partial charge in [0.05, 0.1) is 12.7 Å². The minimum Gasteiger partial charge on any atom is -0.497 e. The molecule has 3 aromatic rings. The van der Waals surface area contributed by atoms with E-state index in [9.17, 15) is 4.79 Å². The van der Waals surface area contributed by atoms with Gasteiger partial charge < -0.3 is 14.6 Å². The number of fused-ring (bicyclic) bond motifs is 1. The molecule has 4 heteroatoms. The molecule has 0 aliphatic heterocycles. The Morgan fingerprint density at radius 3 is 2.82 bits per heavy atom. The van der Waals surface area contributed by atoms with Gasteiger partial charge in [-0.15, -0.1) is 0 Å². The van der Waals surface area contributed by atoms with Gasteiger partial charge in [-0.25, -0.2) is 0 Å². The number of nitrogens with one attached hydrogen (secondary N) is 1. The van der Waals surface area contributed by atoms with Crippen LogP contribution in [-0.4, -0.2) is 17.6 Å². The summed E-state index contributed by atoms with van der Waals surface area (Å²) in [4.78, 5) is 12.4. The van der Waals surface area contributed by atoms with E-state index in [0.29, 0.717) is 12.1 Å². The lowest BCUT2D eigenvalue weighted by Gasteiger charge is -2.06. The van der Waals surface area contributed by atoms with Crippen LogP contribution in [0.25, 0.3) is 10.9 Å². The summed E-state index contributed by atoms with van der Waals surface area (Å²) in [6.07, 6.45) is 1.87. The second-order valence-corrected chi connectivity index (χ2v) is 5.21. The highest BCUT2D eigenvalue weighted by Gasteiger charge is 2.13. The number of rotatable bonds is 4. The van der Waals surface area contributed by atoms with Crippen molar-refractivity contribution in [3.63, 3.8) is 0 Å². The molecule has 4 nitrogen and oxygen atoms in total. The molecule has 112 valence electrons. The zero-order valence-corrected chi connectivity index (χ0v) is 12.7. The van der Waals surface area contributed by atoms with Gasteiger partial charge in [0.25, 0.3) is 5.91 Å². The molecule has 0 saturated carbocycles. The van der Waals surface area contributed by atoms with Crippen molar-refractivity contribution in [1.82, 2.24) is 9.88 Å². The van der Waals surface area contributed by atoms with Gasteiger partial charge in [0, 0.05) is 30.7 Å². The maximum absolute atomic E-state index is 12.4. The molecule has 0 aliphatic carbocycles. The number of aryl methyl sites for hydroxylation is 1. The standard InChI is InChI=1S/C18H18N2O2/c1-20-12-16(15-8-3-4-9-17(15)20)18(21)19-11-13-6-5-7-14(10-13)22-2/h3-10,12H,11H2,1-2H3,(H,19,21). The van der Waals surface area contributed by atoms with E-state index < -0.39 is 0 Å². The third-order valence-electron chi connectivity index (χ3n) is 3.73. The van der Waals surface area contributed by atoms with Gasteiger partial charge in [0.2, 0.25) is 0 Å². The van der Waals surface area contributed by atoms with E-state index in [2.05, 4.69) is 5.32 Å². The highest BCUT2D eigenvalue weighted by Crippen LogP contribution is 2.20. The zero-order chi connectivity index (χ0) is 15.5. The minimum absolute atomic E-state index is 0.0698. The maximum atomic E-state index is 12.4. The van der Waals surface area contributed by atoms with Crippen molar-refractivity contribution in [2.24, 2.45) is 7.05 Å². The van der Waals surface area contributed by atoms with Crippen LogP contribution in [-0.2, 0) is 13.6 Å². The number of hydrogen-bond donors (Lipinski definition) is 1. The van der Waals surface area contributed by atoms with Crippen molar-refractivity contribution < 1.29 is 9.53 Å². The predicted octanol–water partition coefficient (Wildman–Crippen LogP) is 3.12. The largest absolute Gasteiger partial charge is 0.497 e. The summed E-state index contributed by atoms with van der Waals surface area (Å²) in [5.74, 6) is 0.719. The summed E-state index contributed by atoms with van der Waals surface area (Å²) < 4.78 is 7.16.